The van der Waals surface area contributed by atoms with E-state index in [2.05, 4.69) is 0 Å². The Labute approximate surface area is 112 Å². The summed E-state index contributed by atoms with van der Waals surface area (Å²) in [5.74, 6) is -0.0114. The van der Waals surface area contributed by atoms with Crippen LogP contribution in [0.4, 0.5) is 0 Å². The van der Waals surface area contributed by atoms with Crippen molar-refractivity contribution >= 4 is 5.97 Å². The summed E-state index contributed by atoms with van der Waals surface area (Å²) in [7, 11) is 0. The fourth-order valence-electron chi connectivity index (χ4n) is 1.80. The maximum atomic E-state index is 10.7. The van der Waals surface area contributed by atoms with Gasteiger partial charge in [-0.3, -0.25) is 0 Å². The fourth-order valence-corrected chi connectivity index (χ4v) is 1.80. The van der Waals surface area contributed by atoms with Crippen LogP contribution >= 0.6 is 0 Å². The van der Waals surface area contributed by atoms with Gasteiger partial charge >= 0.3 is 5.97 Å². The van der Waals surface area contributed by atoms with Gasteiger partial charge in [0.15, 0.2) is 0 Å². The summed E-state index contributed by atoms with van der Waals surface area (Å²) >= 11 is 0. The highest BCUT2D eigenvalue weighted by Gasteiger charge is 2.01. The van der Waals surface area contributed by atoms with Gasteiger partial charge in [-0.2, -0.15) is 0 Å². The lowest BCUT2D eigenvalue weighted by molar-refractivity contribution is 0.0697. The molecule has 2 aromatic carbocycles. The number of carboxylic acids is 1. The average molecular weight is 256 g/mol. The summed E-state index contributed by atoms with van der Waals surface area (Å²) in [6.07, 6.45) is 1.79. The molecule has 0 atom stereocenters. The van der Waals surface area contributed by atoms with Crippen molar-refractivity contribution in [1.29, 1.82) is 0 Å². The van der Waals surface area contributed by atoms with Crippen LogP contribution in [0.3, 0.4) is 0 Å². The minimum Gasteiger partial charge on any atom is -0.494 e. The Balaban J connectivity index is 1.75. The number of benzene rings is 2. The molecule has 0 radical (unpaired) electrons. The number of carboxylic acid groups (broad SMARTS) is 1. The van der Waals surface area contributed by atoms with E-state index in [-0.39, 0.29) is 0 Å². The van der Waals surface area contributed by atoms with Gasteiger partial charge in [0.1, 0.15) is 5.75 Å². The first kappa shape index (κ1) is 13.1. The number of ether oxygens (including phenoxy) is 1. The van der Waals surface area contributed by atoms with Crippen molar-refractivity contribution in [3.63, 3.8) is 0 Å². The molecule has 98 valence electrons. The number of hydrogen-bond donors (Lipinski definition) is 1. The molecule has 0 fully saturated rings. The molecule has 2 aromatic rings. The van der Waals surface area contributed by atoms with Gasteiger partial charge in [0, 0.05) is 0 Å². The highest BCUT2D eigenvalue weighted by molar-refractivity contribution is 5.87. The van der Waals surface area contributed by atoms with Crippen LogP contribution in [-0.4, -0.2) is 17.7 Å². The molecule has 0 bridgehead atoms. The second-order valence-electron chi connectivity index (χ2n) is 4.27. The van der Waals surface area contributed by atoms with Crippen LogP contribution in [0.1, 0.15) is 22.3 Å². The van der Waals surface area contributed by atoms with E-state index < -0.39 is 5.97 Å². The Morgan fingerprint density at radius 1 is 1.00 bits per heavy atom. The summed E-state index contributed by atoms with van der Waals surface area (Å²) in [4.78, 5) is 10.7. The Morgan fingerprint density at radius 2 is 1.68 bits per heavy atom. The third-order valence-electron chi connectivity index (χ3n) is 2.82. The first-order valence-corrected chi connectivity index (χ1v) is 6.26. The van der Waals surface area contributed by atoms with Gasteiger partial charge in [0.2, 0.25) is 0 Å². The van der Waals surface area contributed by atoms with Gasteiger partial charge in [-0.25, -0.2) is 4.79 Å². The third kappa shape index (κ3) is 4.14. The lowest BCUT2D eigenvalue weighted by Gasteiger charge is -2.06. The van der Waals surface area contributed by atoms with Crippen molar-refractivity contribution in [2.24, 2.45) is 0 Å². The zero-order valence-corrected chi connectivity index (χ0v) is 10.6. The molecule has 0 spiro atoms. The van der Waals surface area contributed by atoms with Crippen molar-refractivity contribution in [3.8, 4) is 5.75 Å². The zero-order valence-electron chi connectivity index (χ0n) is 10.6. The zero-order chi connectivity index (χ0) is 13.5. The molecule has 0 heterocycles. The normalized spacial score (nSPS) is 10.1. The van der Waals surface area contributed by atoms with E-state index in [9.17, 15) is 4.79 Å². The number of para-hydroxylation sites is 1. The van der Waals surface area contributed by atoms with Crippen LogP contribution in [0.5, 0.6) is 5.75 Å². The van der Waals surface area contributed by atoms with Crippen LogP contribution in [0, 0.1) is 0 Å². The molecule has 3 nitrogen and oxygen atoms in total. The molecule has 0 saturated heterocycles. The molecule has 3 heteroatoms. The van der Waals surface area contributed by atoms with Crippen molar-refractivity contribution in [2.45, 2.75) is 12.8 Å². The smallest absolute Gasteiger partial charge is 0.335 e. The monoisotopic (exact) mass is 256 g/mol. The summed E-state index contributed by atoms with van der Waals surface area (Å²) in [5, 5.41) is 8.80. The second kappa shape index (κ2) is 6.59. The van der Waals surface area contributed by atoms with Gasteiger partial charge in [-0.15, -0.1) is 0 Å². The SMILES string of the molecule is O=C(O)c1ccc(CCCOc2ccccc2)cc1. The predicted molar refractivity (Wildman–Crippen MR) is 73.7 cm³/mol. The molecule has 1 N–H and O–H groups in total. The molecule has 0 aliphatic rings. The maximum Gasteiger partial charge on any atom is 0.335 e. The van der Waals surface area contributed by atoms with E-state index in [4.69, 9.17) is 9.84 Å². The molecule has 0 unspecified atom stereocenters. The second-order valence-corrected chi connectivity index (χ2v) is 4.27. The number of aromatic carboxylic acids is 1. The minimum absolute atomic E-state index is 0.323. The third-order valence-corrected chi connectivity index (χ3v) is 2.82. The highest BCUT2D eigenvalue weighted by Crippen LogP contribution is 2.10. The van der Waals surface area contributed by atoms with E-state index in [1.54, 1.807) is 12.1 Å². The molecule has 2 rings (SSSR count). The van der Waals surface area contributed by atoms with E-state index in [1.165, 1.54) is 0 Å². The Morgan fingerprint density at radius 3 is 2.32 bits per heavy atom. The molecule has 0 aliphatic carbocycles. The van der Waals surface area contributed by atoms with Crippen molar-refractivity contribution in [1.82, 2.24) is 0 Å². The lowest BCUT2D eigenvalue weighted by Crippen LogP contribution is -2.00. The first-order chi connectivity index (χ1) is 9.25. The summed E-state index contributed by atoms with van der Waals surface area (Å²) in [6, 6.07) is 16.7. The van der Waals surface area contributed by atoms with Gasteiger partial charge < -0.3 is 9.84 Å². The van der Waals surface area contributed by atoms with Crippen molar-refractivity contribution in [2.75, 3.05) is 6.61 Å². The van der Waals surface area contributed by atoms with Gasteiger partial charge in [-0.05, 0) is 42.7 Å². The number of carbonyl (C=O) groups is 1. The number of rotatable bonds is 6. The molecular weight excluding hydrogens is 240 g/mol. The molecule has 19 heavy (non-hydrogen) atoms. The number of aryl methyl sites for hydroxylation is 1. The van der Waals surface area contributed by atoms with E-state index in [0.717, 1.165) is 24.2 Å². The Hall–Kier alpha value is -2.29. The molecule has 0 amide bonds. The van der Waals surface area contributed by atoms with Crippen LogP contribution in [0.15, 0.2) is 54.6 Å². The van der Waals surface area contributed by atoms with Crippen molar-refractivity contribution < 1.29 is 14.6 Å². The number of hydrogen-bond acceptors (Lipinski definition) is 2. The average Bonchev–Trinajstić information content (AvgIpc) is 2.45. The minimum atomic E-state index is -0.890. The van der Waals surface area contributed by atoms with E-state index in [1.807, 2.05) is 42.5 Å². The maximum absolute atomic E-state index is 10.7. The van der Waals surface area contributed by atoms with E-state index >= 15 is 0 Å². The van der Waals surface area contributed by atoms with Crippen LogP contribution in [0.2, 0.25) is 0 Å². The quantitative estimate of drug-likeness (QED) is 0.806. The standard InChI is InChI=1S/C16H16O3/c17-16(18)14-10-8-13(9-11-14)5-4-12-19-15-6-2-1-3-7-15/h1-3,6-11H,4-5,12H2,(H,17,18). The fraction of sp³-hybridized carbons (Fsp3) is 0.188. The van der Waals surface area contributed by atoms with Crippen LogP contribution < -0.4 is 4.74 Å². The van der Waals surface area contributed by atoms with Crippen LogP contribution in [-0.2, 0) is 6.42 Å². The van der Waals surface area contributed by atoms with Gasteiger partial charge in [-0.1, -0.05) is 30.3 Å². The molecular formula is C16H16O3. The summed E-state index contributed by atoms with van der Waals surface area (Å²) in [6.45, 7) is 0.657. The Bertz CT molecular complexity index is 517. The lowest BCUT2D eigenvalue weighted by atomic mass is 10.1. The topological polar surface area (TPSA) is 46.5 Å². The molecule has 0 saturated carbocycles. The van der Waals surface area contributed by atoms with Gasteiger partial charge in [0.05, 0.1) is 12.2 Å². The highest BCUT2D eigenvalue weighted by atomic mass is 16.5. The van der Waals surface area contributed by atoms with E-state index in [0.29, 0.717) is 12.2 Å². The van der Waals surface area contributed by atoms with Crippen LogP contribution in [0.25, 0.3) is 0 Å². The predicted octanol–water partition coefficient (Wildman–Crippen LogP) is 3.40. The molecule has 0 aromatic heterocycles. The summed E-state index contributed by atoms with van der Waals surface area (Å²) in [5.41, 5.74) is 1.45. The molecule has 0 aliphatic heterocycles. The Kier molecular flexibility index (Phi) is 4.56. The van der Waals surface area contributed by atoms with Crippen molar-refractivity contribution in [3.05, 3.63) is 65.7 Å². The largest absolute Gasteiger partial charge is 0.494 e. The summed E-state index contributed by atoms with van der Waals surface area (Å²) < 4.78 is 5.60. The van der Waals surface area contributed by atoms with Gasteiger partial charge in [0.25, 0.3) is 0 Å². The first-order valence-electron chi connectivity index (χ1n) is 6.26.